The maximum atomic E-state index is 9.48. The number of hydrogen-bond donors (Lipinski definition) is 2. The number of hydrogen-bond acceptors (Lipinski definition) is 5. The van der Waals surface area contributed by atoms with Crippen LogP contribution in [0.2, 0.25) is 5.02 Å². The molecule has 1 aliphatic carbocycles. The van der Waals surface area contributed by atoms with Crippen LogP contribution in [0.3, 0.4) is 0 Å². The van der Waals surface area contributed by atoms with Gasteiger partial charge in [-0.05, 0) is 56.0 Å². The summed E-state index contributed by atoms with van der Waals surface area (Å²) < 4.78 is 7.43. The van der Waals surface area contributed by atoms with Gasteiger partial charge in [-0.15, -0.1) is 11.3 Å². The summed E-state index contributed by atoms with van der Waals surface area (Å²) in [6.07, 6.45) is 4.77. The first-order valence-electron chi connectivity index (χ1n) is 8.76. The lowest BCUT2D eigenvalue weighted by molar-refractivity contribution is 0.208. The molecule has 0 amide bonds. The first kappa shape index (κ1) is 17.7. The number of pyridine rings is 1. The Hall–Kier alpha value is -1.66. The maximum absolute atomic E-state index is 9.48. The van der Waals surface area contributed by atoms with E-state index in [0.29, 0.717) is 5.02 Å². The number of aliphatic hydroxyl groups is 1. The number of nitrogens with two attached hydrogens (primary N) is 1. The van der Waals surface area contributed by atoms with Crippen molar-refractivity contribution < 1.29 is 9.84 Å². The highest BCUT2D eigenvalue weighted by molar-refractivity contribution is 7.19. The fraction of sp³-hybridized carbons (Fsp3) is 0.350. The molecule has 2 heterocycles. The van der Waals surface area contributed by atoms with E-state index in [0.717, 1.165) is 56.8 Å². The van der Waals surface area contributed by atoms with Crippen molar-refractivity contribution in [3.8, 4) is 16.9 Å². The molecule has 4 nitrogen and oxygen atoms in total. The number of aliphatic hydroxyl groups excluding tert-OH is 1. The van der Waals surface area contributed by atoms with Crippen molar-refractivity contribution in [3.63, 3.8) is 0 Å². The summed E-state index contributed by atoms with van der Waals surface area (Å²) in [5.74, 6) is 0.861. The Kier molecular flexibility index (Phi) is 4.88. The molecule has 1 aliphatic rings. The van der Waals surface area contributed by atoms with Crippen molar-refractivity contribution in [1.29, 1.82) is 0 Å². The van der Waals surface area contributed by atoms with Crippen molar-refractivity contribution in [2.45, 2.75) is 44.9 Å². The lowest BCUT2D eigenvalue weighted by atomic mass is 10.0. The molecule has 26 heavy (non-hydrogen) atoms. The minimum Gasteiger partial charge on any atom is -0.489 e. The molecule has 0 saturated heterocycles. The number of aromatic nitrogens is 1. The zero-order valence-electron chi connectivity index (χ0n) is 14.5. The molecule has 2 unspecified atom stereocenters. The van der Waals surface area contributed by atoms with Gasteiger partial charge in [0.25, 0.3) is 0 Å². The van der Waals surface area contributed by atoms with E-state index in [9.17, 15) is 5.11 Å². The summed E-state index contributed by atoms with van der Waals surface area (Å²) in [7, 11) is 0. The third kappa shape index (κ3) is 3.32. The highest BCUT2D eigenvalue weighted by Gasteiger charge is 2.25. The summed E-state index contributed by atoms with van der Waals surface area (Å²) >= 11 is 7.92. The molecule has 0 aliphatic heterocycles. The molecule has 2 atom stereocenters. The van der Waals surface area contributed by atoms with Gasteiger partial charge in [0, 0.05) is 33.3 Å². The number of thiophene rings is 1. The molecule has 1 fully saturated rings. The van der Waals surface area contributed by atoms with Crippen LogP contribution in [-0.2, 0) is 6.61 Å². The maximum Gasteiger partial charge on any atom is 0.130 e. The van der Waals surface area contributed by atoms with Crippen LogP contribution >= 0.6 is 22.9 Å². The van der Waals surface area contributed by atoms with E-state index in [1.165, 1.54) is 0 Å². The molecule has 0 bridgehead atoms. The molecular weight excluding hydrogens is 368 g/mol. The van der Waals surface area contributed by atoms with Gasteiger partial charge in [0.2, 0.25) is 0 Å². The van der Waals surface area contributed by atoms with Gasteiger partial charge in [-0.1, -0.05) is 11.6 Å². The lowest BCUT2D eigenvalue weighted by Crippen LogP contribution is -2.19. The van der Waals surface area contributed by atoms with Crippen LogP contribution in [0, 0.1) is 6.92 Å². The molecule has 0 spiro atoms. The Labute approximate surface area is 161 Å². The van der Waals surface area contributed by atoms with Crippen LogP contribution < -0.4 is 10.5 Å². The predicted octanol–water partition coefficient (Wildman–Crippen LogP) is 4.68. The van der Waals surface area contributed by atoms with Gasteiger partial charge in [-0.2, -0.15) is 0 Å². The number of aryl methyl sites for hydroxylation is 1. The Morgan fingerprint density at radius 3 is 2.88 bits per heavy atom. The average Bonchev–Trinajstić information content (AvgIpc) is 3.22. The van der Waals surface area contributed by atoms with Gasteiger partial charge in [-0.25, -0.2) is 0 Å². The van der Waals surface area contributed by atoms with E-state index in [4.69, 9.17) is 22.1 Å². The number of ether oxygens (including phenoxy) is 1. The molecule has 136 valence electrons. The minimum atomic E-state index is 0.0123. The van der Waals surface area contributed by atoms with Gasteiger partial charge in [0.05, 0.1) is 16.8 Å². The Morgan fingerprint density at radius 1 is 1.31 bits per heavy atom. The summed E-state index contributed by atoms with van der Waals surface area (Å²) in [5.41, 5.74) is 9.94. The van der Waals surface area contributed by atoms with E-state index in [-0.39, 0.29) is 18.8 Å². The summed E-state index contributed by atoms with van der Waals surface area (Å²) in [6, 6.07) is 8.01. The number of halogens is 1. The molecule has 4 rings (SSSR count). The molecule has 3 N–H and O–H groups in total. The molecule has 1 saturated carbocycles. The molecular formula is C20H21ClN2O2S. The van der Waals surface area contributed by atoms with Crippen LogP contribution in [-0.4, -0.2) is 22.2 Å². The first-order chi connectivity index (χ1) is 12.5. The fourth-order valence-corrected chi connectivity index (χ4v) is 4.89. The van der Waals surface area contributed by atoms with Crippen molar-refractivity contribution in [2.24, 2.45) is 5.73 Å². The van der Waals surface area contributed by atoms with Gasteiger partial charge in [-0.3, -0.25) is 4.98 Å². The molecule has 1 aromatic carbocycles. The predicted molar refractivity (Wildman–Crippen MR) is 107 cm³/mol. The zero-order valence-corrected chi connectivity index (χ0v) is 16.1. The largest absolute Gasteiger partial charge is 0.489 e. The molecule has 3 aromatic rings. The lowest BCUT2D eigenvalue weighted by Gasteiger charge is -2.20. The quantitative estimate of drug-likeness (QED) is 0.681. The first-order valence-corrected chi connectivity index (χ1v) is 9.95. The second kappa shape index (κ2) is 7.16. The van der Waals surface area contributed by atoms with Crippen LogP contribution in [0.15, 0.2) is 30.5 Å². The Balaban J connectivity index is 1.84. The van der Waals surface area contributed by atoms with Crippen molar-refractivity contribution in [1.82, 2.24) is 4.98 Å². The third-order valence-electron chi connectivity index (χ3n) is 4.86. The van der Waals surface area contributed by atoms with E-state index >= 15 is 0 Å². The van der Waals surface area contributed by atoms with Gasteiger partial charge in [0.15, 0.2) is 0 Å². The second-order valence-electron chi connectivity index (χ2n) is 6.86. The standard InChI is InChI=1S/C20H21ClN2O2S/c1-11-6-12(21)7-17(19(11)25-14-3-2-13(22)8-14)16-4-5-23-18-9-15(10-24)26-20(16)18/h4-7,9,13-14,24H,2-3,8,10,22H2,1H3. The van der Waals surface area contributed by atoms with Gasteiger partial charge < -0.3 is 15.6 Å². The highest BCUT2D eigenvalue weighted by Crippen LogP contribution is 2.42. The van der Waals surface area contributed by atoms with E-state index in [1.54, 1.807) is 17.5 Å². The molecule has 2 aromatic heterocycles. The SMILES string of the molecule is Cc1cc(Cl)cc(-c2ccnc3cc(CO)sc23)c1OC1CCC(N)C1. The number of benzene rings is 1. The van der Waals surface area contributed by atoms with E-state index < -0.39 is 0 Å². The Morgan fingerprint density at radius 2 is 2.15 bits per heavy atom. The molecule has 6 heteroatoms. The number of rotatable bonds is 4. The van der Waals surface area contributed by atoms with E-state index in [2.05, 4.69) is 4.98 Å². The van der Waals surface area contributed by atoms with Crippen LogP contribution in [0.5, 0.6) is 5.75 Å². The van der Waals surface area contributed by atoms with E-state index in [1.807, 2.05) is 31.2 Å². The monoisotopic (exact) mass is 388 g/mol. The van der Waals surface area contributed by atoms with Crippen molar-refractivity contribution >= 4 is 33.2 Å². The normalized spacial score (nSPS) is 20.0. The fourth-order valence-electron chi connectivity index (χ4n) is 3.61. The third-order valence-corrected chi connectivity index (χ3v) is 6.22. The van der Waals surface area contributed by atoms with Crippen molar-refractivity contribution in [2.75, 3.05) is 0 Å². The van der Waals surface area contributed by atoms with Crippen LogP contribution in [0.4, 0.5) is 0 Å². The second-order valence-corrected chi connectivity index (χ2v) is 8.43. The number of nitrogens with zero attached hydrogens (tertiary/aromatic N) is 1. The summed E-state index contributed by atoms with van der Waals surface area (Å²) in [5, 5.41) is 10.2. The average molecular weight is 389 g/mol. The van der Waals surface area contributed by atoms with Gasteiger partial charge in [0.1, 0.15) is 11.9 Å². The van der Waals surface area contributed by atoms with Crippen LogP contribution in [0.25, 0.3) is 21.3 Å². The van der Waals surface area contributed by atoms with Crippen molar-refractivity contribution in [3.05, 3.63) is 45.9 Å². The smallest absolute Gasteiger partial charge is 0.130 e. The zero-order chi connectivity index (χ0) is 18.3. The van der Waals surface area contributed by atoms with Gasteiger partial charge >= 0.3 is 0 Å². The number of fused-ring (bicyclic) bond motifs is 1. The topological polar surface area (TPSA) is 68.4 Å². The molecule has 0 radical (unpaired) electrons. The van der Waals surface area contributed by atoms with Crippen LogP contribution in [0.1, 0.15) is 29.7 Å². The Bertz CT molecular complexity index is 956. The summed E-state index contributed by atoms with van der Waals surface area (Å²) in [6.45, 7) is 2.03. The summed E-state index contributed by atoms with van der Waals surface area (Å²) in [4.78, 5) is 5.32. The minimum absolute atomic E-state index is 0.0123. The highest BCUT2D eigenvalue weighted by atomic mass is 35.5.